The van der Waals surface area contributed by atoms with Gasteiger partial charge in [-0.2, -0.15) is 0 Å². The molecule has 3 aromatic rings. The van der Waals surface area contributed by atoms with Crippen molar-refractivity contribution in [1.29, 1.82) is 0 Å². The Balaban J connectivity index is 1.52. The number of methoxy groups -OCH3 is 1. The Morgan fingerprint density at radius 1 is 1.07 bits per heavy atom. The fourth-order valence-electron chi connectivity index (χ4n) is 2.59. The molecule has 0 aliphatic carbocycles. The van der Waals surface area contributed by atoms with Crippen LogP contribution in [0.1, 0.15) is 5.56 Å². The van der Waals surface area contributed by atoms with Crippen LogP contribution in [0.5, 0.6) is 11.5 Å². The predicted octanol–water partition coefficient (Wildman–Crippen LogP) is 5.74. The molecule has 0 atom stereocenters. The molecule has 0 bridgehead atoms. The van der Waals surface area contributed by atoms with E-state index in [2.05, 4.69) is 26.6 Å². The van der Waals surface area contributed by atoms with Crippen LogP contribution in [-0.2, 0) is 11.3 Å². The highest BCUT2D eigenvalue weighted by molar-refractivity contribution is 9.10. The van der Waals surface area contributed by atoms with Crippen LogP contribution in [0, 0.1) is 0 Å². The molecule has 0 fully saturated rings. The Morgan fingerprint density at radius 2 is 1.83 bits per heavy atom. The normalized spacial score (nSPS) is 10.3. The predicted molar refractivity (Wildman–Crippen MR) is 120 cm³/mol. The Labute approximate surface area is 183 Å². The standard InChI is InChI=1S/C22H20BrClN2O3/c1-28-17-9-7-16(8-10-17)26-22(27)14-29-21-11-6-15(12-18(21)23)13-25-20-5-3-2-4-19(20)24/h2-12,25H,13-14H2,1H3,(H,26,27). The lowest BCUT2D eigenvalue weighted by molar-refractivity contribution is -0.118. The molecule has 0 heterocycles. The Morgan fingerprint density at radius 3 is 2.52 bits per heavy atom. The Bertz CT molecular complexity index is 980. The van der Waals surface area contributed by atoms with Crippen molar-refractivity contribution < 1.29 is 14.3 Å². The molecule has 0 saturated carbocycles. The van der Waals surface area contributed by atoms with E-state index in [-0.39, 0.29) is 12.5 Å². The van der Waals surface area contributed by atoms with Gasteiger partial charge < -0.3 is 20.1 Å². The summed E-state index contributed by atoms with van der Waals surface area (Å²) in [4.78, 5) is 12.1. The second kappa shape index (κ2) is 10.2. The fraction of sp³-hybridized carbons (Fsp3) is 0.136. The highest BCUT2D eigenvalue weighted by Gasteiger charge is 2.08. The molecule has 0 unspecified atom stereocenters. The van der Waals surface area contributed by atoms with Crippen molar-refractivity contribution in [3.05, 3.63) is 81.8 Å². The largest absolute Gasteiger partial charge is 0.497 e. The van der Waals surface area contributed by atoms with Gasteiger partial charge in [-0.1, -0.05) is 29.8 Å². The third kappa shape index (κ3) is 6.14. The summed E-state index contributed by atoms with van der Waals surface area (Å²) in [6.07, 6.45) is 0. The molecule has 0 aliphatic heterocycles. The smallest absolute Gasteiger partial charge is 0.262 e. The molecule has 0 aromatic heterocycles. The van der Waals surface area contributed by atoms with Crippen LogP contribution < -0.4 is 20.1 Å². The number of carbonyl (C=O) groups is 1. The zero-order valence-electron chi connectivity index (χ0n) is 15.7. The number of amides is 1. The van der Waals surface area contributed by atoms with Crippen molar-refractivity contribution in [2.45, 2.75) is 6.54 Å². The van der Waals surface area contributed by atoms with Gasteiger partial charge in [-0.3, -0.25) is 4.79 Å². The molecular formula is C22H20BrClN2O3. The molecule has 0 spiro atoms. The van der Waals surface area contributed by atoms with Gasteiger partial charge in [0.15, 0.2) is 6.61 Å². The van der Waals surface area contributed by atoms with E-state index in [1.54, 1.807) is 31.4 Å². The van der Waals surface area contributed by atoms with Crippen LogP contribution in [0.15, 0.2) is 71.2 Å². The minimum absolute atomic E-state index is 0.0954. The molecule has 0 saturated heterocycles. The Hall–Kier alpha value is -2.70. The number of hydrogen-bond donors (Lipinski definition) is 2. The summed E-state index contributed by atoms with van der Waals surface area (Å²) in [5.74, 6) is 1.08. The lowest BCUT2D eigenvalue weighted by Gasteiger charge is -2.12. The highest BCUT2D eigenvalue weighted by Crippen LogP contribution is 2.27. The van der Waals surface area contributed by atoms with Crippen LogP contribution in [0.4, 0.5) is 11.4 Å². The molecule has 150 valence electrons. The zero-order valence-corrected chi connectivity index (χ0v) is 18.1. The molecule has 3 aromatic carbocycles. The summed E-state index contributed by atoms with van der Waals surface area (Å²) in [5, 5.41) is 6.75. The maximum absolute atomic E-state index is 12.1. The van der Waals surface area contributed by atoms with Gasteiger partial charge in [0.05, 0.1) is 22.3 Å². The van der Waals surface area contributed by atoms with Crippen molar-refractivity contribution in [1.82, 2.24) is 0 Å². The molecule has 3 rings (SSSR count). The van der Waals surface area contributed by atoms with Crippen molar-refractivity contribution in [2.24, 2.45) is 0 Å². The van der Waals surface area contributed by atoms with Crippen LogP contribution in [0.3, 0.4) is 0 Å². The molecule has 2 N–H and O–H groups in total. The zero-order chi connectivity index (χ0) is 20.6. The number of para-hydroxylation sites is 1. The van der Waals surface area contributed by atoms with E-state index in [0.717, 1.165) is 21.5 Å². The number of halogens is 2. The SMILES string of the molecule is COc1ccc(NC(=O)COc2ccc(CNc3ccccc3Cl)cc2Br)cc1. The van der Waals surface area contributed by atoms with Crippen LogP contribution in [0.25, 0.3) is 0 Å². The number of rotatable bonds is 8. The number of benzene rings is 3. The van der Waals surface area contributed by atoms with Gasteiger partial charge in [0.25, 0.3) is 5.91 Å². The van der Waals surface area contributed by atoms with Gasteiger partial charge in [-0.25, -0.2) is 0 Å². The van der Waals surface area contributed by atoms with Gasteiger partial charge >= 0.3 is 0 Å². The van der Waals surface area contributed by atoms with E-state index in [0.29, 0.717) is 23.0 Å². The topological polar surface area (TPSA) is 59.6 Å². The Kier molecular flexibility index (Phi) is 7.38. The number of anilines is 2. The lowest BCUT2D eigenvalue weighted by Crippen LogP contribution is -2.20. The quantitative estimate of drug-likeness (QED) is 0.436. The molecule has 0 radical (unpaired) electrons. The first kappa shape index (κ1) is 21.0. The van der Waals surface area contributed by atoms with Crippen molar-refractivity contribution in [3.8, 4) is 11.5 Å². The minimum Gasteiger partial charge on any atom is -0.497 e. The van der Waals surface area contributed by atoms with E-state index < -0.39 is 0 Å². The van der Waals surface area contributed by atoms with Crippen molar-refractivity contribution in [2.75, 3.05) is 24.4 Å². The molecule has 5 nitrogen and oxygen atoms in total. The highest BCUT2D eigenvalue weighted by atomic mass is 79.9. The molecule has 29 heavy (non-hydrogen) atoms. The van der Waals surface area contributed by atoms with Crippen molar-refractivity contribution >= 4 is 44.8 Å². The van der Waals surface area contributed by atoms with Crippen molar-refractivity contribution in [3.63, 3.8) is 0 Å². The second-order valence-corrected chi connectivity index (χ2v) is 7.43. The minimum atomic E-state index is -0.244. The first-order valence-corrected chi connectivity index (χ1v) is 10.1. The van der Waals surface area contributed by atoms with E-state index in [1.807, 2.05) is 42.5 Å². The van der Waals surface area contributed by atoms with Gasteiger partial charge in [0.1, 0.15) is 11.5 Å². The van der Waals surface area contributed by atoms with E-state index >= 15 is 0 Å². The first-order valence-electron chi connectivity index (χ1n) is 8.88. The van der Waals surface area contributed by atoms with E-state index in [9.17, 15) is 4.79 Å². The number of ether oxygens (including phenoxy) is 2. The van der Waals surface area contributed by atoms with Gasteiger partial charge in [-0.05, 0) is 70.0 Å². The summed E-state index contributed by atoms with van der Waals surface area (Å²) in [6, 6.07) is 20.4. The third-order valence-electron chi connectivity index (χ3n) is 4.09. The van der Waals surface area contributed by atoms with Gasteiger partial charge in [-0.15, -0.1) is 0 Å². The monoisotopic (exact) mass is 474 g/mol. The summed E-state index contributed by atoms with van der Waals surface area (Å²) < 4.78 is 11.5. The average Bonchev–Trinajstić information content (AvgIpc) is 2.73. The maximum atomic E-state index is 12.1. The van der Waals surface area contributed by atoms with Crippen LogP contribution in [-0.4, -0.2) is 19.6 Å². The third-order valence-corrected chi connectivity index (χ3v) is 5.03. The second-order valence-electron chi connectivity index (χ2n) is 6.16. The van der Waals surface area contributed by atoms with Gasteiger partial charge in [0.2, 0.25) is 0 Å². The van der Waals surface area contributed by atoms with E-state index in [1.165, 1.54) is 0 Å². The summed E-state index contributed by atoms with van der Waals surface area (Å²) in [6.45, 7) is 0.516. The number of nitrogens with one attached hydrogen (secondary N) is 2. The average molecular weight is 476 g/mol. The molecule has 0 aliphatic rings. The van der Waals surface area contributed by atoms with Gasteiger partial charge in [0, 0.05) is 12.2 Å². The maximum Gasteiger partial charge on any atom is 0.262 e. The summed E-state index contributed by atoms with van der Waals surface area (Å²) in [7, 11) is 1.59. The summed E-state index contributed by atoms with van der Waals surface area (Å²) >= 11 is 9.65. The molecule has 1 amide bonds. The number of hydrogen-bond acceptors (Lipinski definition) is 4. The van der Waals surface area contributed by atoms with Crippen LogP contribution >= 0.6 is 27.5 Å². The fourth-order valence-corrected chi connectivity index (χ4v) is 3.33. The lowest BCUT2D eigenvalue weighted by atomic mass is 10.2. The number of carbonyl (C=O) groups excluding carboxylic acids is 1. The summed E-state index contributed by atoms with van der Waals surface area (Å²) in [5.41, 5.74) is 2.60. The molecular weight excluding hydrogens is 456 g/mol. The van der Waals surface area contributed by atoms with Crippen LogP contribution in [0.2, 0.25) is 5.02 Å². The van der Waals surface area contributed by atoms with E-state index in [4.69, 9.17) is 21.1 Å². The first-order chi connectivity index (χ1) is 14.0. The molecule has 7 heteroatoms.